The molecule has 1 saturated carbocycles. The van der Waals surface area contributed by atoms with E-state index in [1.807, 2.05) is 0 Å². The minimum atomic E-state index is -3.83. The maximum absolute atomic E-state index is 13.2. The minimum absolute atomic E-state index is 0.0209. The molecule has 1 heterocycles. The molecule has 0 radical (unpaired) electrons. The average Bonchev–Trinajstić information content (AvgIpc) is 2.79. The van der Waals surface area contributed by atoms with Crippen molar-refractivity contribution in [1.82, 2.24) is 14.1 Å². The van der Waals surface area contributed by atoms with Gasteiger partial charge in [0.2, 0.25) is 10.0 Å². The largest absolute Gasteiger partial charge is 0.451 e. The number of anilines is 1. The third kappa shape index (κ3) is 5.40. The molecular formula is C21H26N4O6S. The molecule has 0 bridgehead atoms. The molecule has 32 heavy (non-hydrogen) atoms. The van der Waals surface area contributed by atoms with Crippen molar-refractivity contribution in [2.24, 2.45) is 7.05 Å². The van der Waals surface area contributed by atoms with Gasteiger partial charge in [0.1, 0.15) is 4.90 Å². The minimum Gasteiger partial charge on any atom is -0.451 e. The fourth-order valence-corrected chi connectivity index (χ4v) is 5.15. The number of carbonyl (C=O) groups excluding carboxylic acids is 2. The van der Waals surface area contributed by atoms with E-state index in [1.54, 1.807) is 19.2 Å². The third-order valence-corrected chi connectivity index (χ3v) is 7.38. The van der Waals surface area contributed by atoms with Crippen molar-refractivity contribution in [3.8, 4) is 0 Å². The predicted octanol–water partition coefficient (Wildman–Crippen LogP) is 1.53. The molecule has 11 heteroatoms. The van der Waals surface area contributed by atoms with Gasteiger partial charge in [-0.2, -0.15) is 9.40 Å². The van der Waals surface area contributed by atoms with Gasteiger partial charge < -0.3 is 10.1 Å². The van der Waals surface area contributed by atoms with Gasteiger partial charge >= 0.3 is 5.97 Å². The van der Waals surface area contributed by atoms with Gasteiger partial charge in [-0.3, -0.25) is 9.59 Å². The number of amides is 1. The number of nitrogens with one attached hydrogen (secondary N) is 1. The Bertz CT molecular complexity index is 1150. The lowest BCUT2D eigenvalue weighted by Gasteiger charge is -2.30. The standard InChI is InChI=1S/C21H26N4O6S/c1-24-20(27)13-12-17(23-24)21(28)31-14-19(26)22-16-10-6-7-11-18(16)32(29,30)25(2)15-8-4-3-5-9-15/h6-7,10-13,15H,3-5,8-9,14H2,1-2H3,(H,22,26). The number of benzene rings is 1. The van der Waals surface area contributed by atoms with Crippen molar-refractivity contribution >= 4 is 27.6 Å². The molecule has 0 atom stereocenters. The number of hydrogen-bond acceptors (Lipinski definition) is 7. The van der Waals surface area contributed by atoms with E-state index in [4.69, 9.17) is 4.74 Å². The van der Waals surface area contributed by atoms with Crippen LogP contribution in [-0.2, 0) is 26.6 Å². The Kier molecular flexibility index (Phi) is 7.41. The SMILES string of the molecule is CN(C1CCCCC1)S(=O)(=O)c1ccccc1NC(=O)COC(=O)c1ccc(=O)n(C)n1. The zero-order valence-corrected chi connectivity index (χ0v) is 18.8. The molecule has 0 aliphatic heterocycles. The van der Waals surface area contributed by atoms with Gasteiger partial charge in [-0.1, -0.05) is 31.4 Å². The Labute approximate surface area is 186 Å². The highest BCUT2D eigenvalue weighted by molar-refractivity contribution is 7.89. The molecule has 1 aliphatic rings. The lowest BCUT2D eigenvalue weighted by atomic mass is 9.96. The molecule has 1 aromatic carbocycles. The first kappa shape index (κ1) is 23.6. The maximum atomic E-state index is 13.2. The van der Waals surface area contributed by atoms with E-state index in [0.717, 1.165) is 42.9 Å². The van der Waals surface area contributed by atoms with Crippen molar-refractivity contribution < 1.29 is 22.7 Å². The van der Waals surface area contributed by atoms with Crippen LogP contribution in [0.5, 0.6) is 0 Å². The molecule has 0 spiro atoms. The Morgan fingerprint density at radius 3 is 2.53 bits per heavy atom. The first-order valence-electron chi connectivity index (χ1n) is 10.3. The number of carbonyl (C=O) groups is 2. The van der Waals surface area contributed by atoms with Gasteiger partial charge in [-0.05, 0) is 31.0 Å². The predicted molar refractivity (Wildman–Crippen MR) is 117 cm³/mol. The first-order chi connectivity index (χ1) is 15.2. The number of aryl methyl sites for hydroxylation is 1. The smallest absolute Gasteiger partial charge is 0.359 e. The van der Waals surface area contributed by atoms with Crippen LogP contribution < -0.4 is 10.9 Å². The van der Waals surface area contributed by atoms with Crippen LogP contribution >= 0.6 is 0 Å². The van der Waals surface area contributed by atoms with E-state index in [-0.39, 0.29) is 22.3 Å². The summed E-state index contributed by atoms with van der Waals surface area (Å²) in [4.78, 5) is 35.8. The molecule has 2 aromatic rings. The van der Waals surface area contributed by atoms with Crippen molar-refractivity contribution in [2.45, 2.75) is 43.0 Å². The second kappa shape index (κ2) is 10.0. The molecule has 3 rings (SSSR count). The molecule has 1 N–H and O–H groups in total. The van der Waals surface area contributed by atoms with Gasteiger partial charge in [0, 0.05) is 26.2 Å². The normalized spacial score (nSPS) is 14.8. The second-order valence-corrected chi connectivity index (χ2v) is 9.58. The molecular weight excluding hydrogens is 436 g/mol. The van der Waals surface area contributed by atoms with Crippen LogP contribution in [0.3, 0.4) is 0 Å². The van der Waals surface area contributed by atoms with Crippen LogP contribution in [0.15, 0.2) is 46.1 Å². The first-order valence-corrected chi connectivity index (χ1v) is 11.7. The molecule has 1 fully saturated rings. The number of nitrogens with zero attached hydrogens (tertiary/aromatic N) is 3. The lowest BCUT2D eigenvalue weighted by Crippen LogP contribution is -2.38. The number of ether oxygens (including phenoxy) is 1. The molecule has 1 aliphatic carbocycles. The van der Waals surface area contributed by atoms with Crippen LogP contribution in [0.4, 0.5) is 5.69 Å². The summed E-state index contributed by atoms with van der Waals surface area (Å²) in [6.07, 6.45) is 4.68. The Hall–Kier alpha value is -3.05. The van der Waals surface area contributed by atoms with Crippen LogP contribution in [0.1, 0.15) is 42.6 Å². The van der Waals surface area contributed by atoms with Crippen LogP contribution in [0.25, 0.3) is 0 Å². The number of sulfonamides is 1. The van der Waals surface area contributed by atoms with Crippen molar-refractivity contribution in [2.75, 3.05) is 19.0 Å². The topological polar surface area (TPSA) is 128 Å². The highest BCUT2D eigenvalue weighted by atomic mass is 32.2. The van der Waals surface area contributed by atoms with Crippen molar-refractivity contribution in [3.63, 3.8) is 0 Å². The molecule has 0 saturated heterocycles. The zero-order valence-electron chi connectivity index (χ0n) is 18.0. The summed E-state index contributed by atoms with van der Waals surface area (Å²) >= 11 is 0. The van der Waals surface area contributed by atoms with Gasteiger partial charge in [-0.15, -0.1) is 0 Å². The maximum Gasteiger partial charge on any atom is 0.359 e. The monoisotopic (exact) mass is 462 g/mol. The van der Waals surface area contributed by atoms with Gasteiger partial charge in [0.05, 0.1) is 5.69 Å². The van der Waals surface area contributed by atoms with E-state index < -0.39 is 34.1 Å². The van der Waals surface area contributed by atoms with Crippen LogP contribution in [-0.4, -0.2) is 54.1 Å². The molecule has 172 valence electrons. The number of hydrogen-bond donors (Lipinski definition) is 1. The molecule has 1 aromatic heterocycles. The van der Waals surface area contributed by atoms with Gasteiger partial charge in [0.15, 0.2) is 12.3 Å². The summed E-state index contributed by atoms with van der Waals surface area (Å²) in [5.41, 5.74) is -0.413. The fourth-order valence-electron chi connectivity index (χ4n) is 3.59. The zero-order chi connectivity index (χ0) is 23.3. The highest BCUT2D eigenvalue weighted by Gasteiger charge is 2.31. The van der Waals surface area contributed by atoms with Gasteiger partial charge in [0.25, 0.3) is 11.5 Å². The number of rotatable bonds is 7. The van der Waals surface area contributed by atoms with E-state index in [0.29, 0.717) is 0 Å². The summed E-state index contributed by atoms with van der Waals surface area (Å²) in [7, 11) is -0.886. The average molecular weight is 463 g/mol. The quantitative estimate of drug-likeness (QED) is 0.618. The van der Waals surface area contributed by atoms with E-state index >= 15 is 0 Å². The third-order valence-electron chi connectivity index (χ3n) is 5.41. The fraction of sp³-hybridized carbons (Fsp3) is 0.429. The summed E-state index contributed by atoms with van der Waals surface area (Å²) in [5, 5.41) is 6.26. The summed E-state index contributed by atoms with van der Waals surface area (Å²) in [6.45, 7) is -0.643. The van der Waals surface area contributed by atoms with E-state index in [9.17, 15) is 22.8 Å². The van der Waals surface area contributed by atoms with Crippen LogP contribution in [0.2, 0.25) is 0 Å². The summed E-state index contributed by atoms with van der Waals surface area (Å²) in [5.74, 6) is -1.58. The van der Waals surface area contributed by atoms with E-state index in [2.05, 4.69) is 10.4 Å². The van der Waals surface area contributed by atoms with E-state index in [1.165, 1.54) is 29.6 Å². The van der Waals surface area contributed by atoms with Crippen molar-refractivity contribution in [3.05, 3.63) is 52.4 Å². The highest BCUT2D eigenvalue weighted by Crippen LogP contribution is 2.29. The molecule has 10 nitrogen and oxygen atoms in total. The van der Waals surface area contributed by atoms with Crippen LogP contribution in [0, 0.1) is 0 Å². The lowest BCUT2D eigenvalue weighted by molar-refractivity contribution is -0.119. The summed E-state index contributed by atoms with van der Waals surface area (Å²) < 4.78 is 33.7. The Morgan fingerprint density at radius 1 is 1.16 bits per heavy atom. The number of esters is 1. The van der Waals surface area contributed by atoms with Gasteiger partial charge in [-0.25, -0.2) is 17.9 Å². The second-order valence-electron chi connectivity index (χ2n) is 7.61. The van der Waals surface area contributed by atoms with Crippen molar-refractivity contribution in [1.29, 1.82) is 0 Å². The Balaban J connectivity index is 1.68. The summed E-state index contributed by atoms with van der Waals surface area (Å²) in [6, 6.07) is 8.39. The number of para-hydroxylation sites is 1. The molecule has 0 unspecified atom stereocenters. The Morgan fingerprint density at radius 2 is 1.84 bits per heavy atom. The number of aromatic nitrogens is 2. The molecule has 1 amide bonds.